The zero-order valence-corrected chi connectivity index (χ0v) is 14.2. The average Bonchev–Trinajstić information content (AvgIpc) is 3.22. The molecule has 0 aliphatic heterocycles. The smallest absolute Gasteiger partial charge is 0.254 e. The van der Waals surface area contributed by atoms with Gasteiger partial charge >= 0.3 is 0 Å². The summed E-state index contributed by atoms with van der Waals surface area (Å²) in [6.07, 6.45) is 4.52. The van der Waals surface area contributed by atoms with Crippen molar-refractivity contribution < 1.29 is 0 Å². The summed E-state index contributed by atoms with van der Waals surface area (Å²) in [5.74, 6) is 1.26. The fourth-order valence-corrected chi connectivity index (χ4v) is 2.72. The highest BCUT2D eigenvalue weighted by Gasteiger charge is 2.13. The Labute approximate surface area is 145 Å². The van der Waals surface area contributed by atoms with E-state index in [2.05, 4.69) is 49.6 Å². The Morgan fingerprint density at radius 1 is 1.08 bits per heavy atom. The molecule has 3 aromatic heterocycles. The predicted octanol–water partition coefficient (Wildman–Crippen LogP) is 2.51. The van der Waals surface area contributed by atoms with Crippen molar-refractivity contribution in [3.8, 4) is 5.95 Å². The normalized spacial score (nSPS) is 11.1. The highest BCUT2D eigenvalue weighted by Crippen LogP contribution is 2.19. The van der Waals surface area contributed by atoms with Crippen molar-refractivity contribution in [2.24, 2.45) is 7.05 Å². The van der Waals surface area contributed by atoms with Gasteiger partial charge in [-0.05, 0) is 25.0 Å². The molecule has 0 unspecified atom stereocenters. The number of hydrogen-bond acceptors (Lipinski definition) is 5. The molecule has 0 spiro atoms. The molecule has 0 fully saturated rings. The minimum absolute atomic E-state index is 0.534. The lowest BCUT2D eigenvalue weighted by atomic mass is 10.1. The number of hydrogen-bond donors (Lipinski definition) is 1. The van der Waals surface area contributed by atoms with Crippen molar-refractivity contribution in [1.82, 2.24) is 29.3 Å². The standard InChI is InChI=1S/C18H19N7/c1-13-9-11-25(23-13)18-21-16(15-17(22-18)24(2)12-20-15)19-10-8-14-6-4-3-5-7-14/h3-7,9,11-12H,8,10H2,1-2H3,(H,19,21,22). The quantitative estimate of drug-likeness (QED) is 0.607. The van der Waals surface area contributed by atoms with Gasteiger partial charge in [-0.15, -0.1) is 0 Å². The van der Waals surface area contributed by atoms with Gasteiger partial charge in [0.15, 0.2) is 17.0 Å². The lowest BCUT2D eigenvalue weighted by molar-refractivity contribution is 0.796. The van der Waals surface area contributed by atoms with Crippen molar-refractivity contribution in [3.63, 3.8) is 0 Å². The maximum absolute atomic E-state index is 4.63. The van der Waals surface area contributed by atoms with Gasteiger partial charge in [0.2, 0.25) is 0 Å². The molecular weight excluding hydrogens is 314 g/mol. The number of aromatic nitrogens is 6. The highest BCUT2D eigenvalue weighted by molar-refractivity contribution is 5.83. The Morgan fingerprint density at radius 2 is 1.92 bits per heavy atom. The molecule has 3 heterocycles. The maximum Gasteiger partial charge on any atom is 0.254 e. The fraction of sp³-hybridized carbons (Fsp3) is 0.222. The number of fused-ring (bicyclic) bond motifs is 1. The summed E-state index contributed by atoms with van der Waals surface area (Å²) in [6, 6.07) is 12.3. The summed E-state index contributed by atoms with van der Waals surface area (Å²) in [7, 11) is 1.92. The van der Waals surface area contributed by atoms with E-state index < -0.39 is 0 Å². The van der Waals surface area contributed by atoms with Gasteiger partial charge in [-0.25, -0.2) is 9.67 Å². The molecule has 7 heteroatoms. The average molecular weight is 333 g/mol. The van der Waals surface area contributed by atoms with E-state index in [-0.39, 0.29) is 0 Å². The molecule has 4 rings (SSSR count). The van der Waals surface area contributed by atoms with Crippen molar-refractivity contribution >= 4 is 17.0 Å². The van der Waals surface area contributed by atoms with E-state index in [1.807, 2.05) is 36.9 Å². The lowest BCUT2D eigenvalue weighted by Gasteiger charge is -2.09. The first-order chi connectivity index (χ1) is 12.2. The van der Waals surface area contributed by atoms with Gasteiger partial charge in [0.25, 0.3) is 5.95 Å². The van der Waals surface area contributed by atoms with Gasteiger partial charge in [0.05, 0.1) is 12.0 Å². The van der Waals surface area contributed by atoms with Crippen LogP contribution in [0.2, 0.25) is 0 Å². The van der Waals surface area contributed by atoms with Crippen LogP contribution in [0.25, 0.3) is 17.1 Å². The molecule has 0 bridgehead atoms. The molecule has 1 aromatic carbocycles. The van der Waals surface area contributed by atoms with Crippen molar-refractivity contribution in [2.45, 2.75) is 13.3 Å². The topological polar surface area (TPSA) is 73.5 Å². The first-order valence-electron chi connectivity index (χ1n) is 8.20. The van der Waals surface area contributed by atoms with Crippen molar-refractivity contribution in [1.29, 1.82) is 0 Å². The number of nitrogens with one attached hydrogen (secondary N) is 1. The Hall–Kier alpha value is -3.22. The van der Waals surface area contributed by atoms with Crippen LogP contribution >= 0.6 is 0 Å². The molecule has 126 valence electrons. The molecule has 0 atom stereocenters. The van der Waals surface area contributed by atoms with Gasteiger partial charge < -0.3 is 9.88 Å². The predicted molar refractivity (Wildman–Crippen MR) is 96.8 cm³/mol. The molecular formula is C18H19N7. The molecule has 0 radical (unpaired) electrons. The molecule has 7 nitrogen and oxygen atoms in total. The summed E-state index contributed by atoms with van der Waals surface area (Å²) >= 11 is 0. The second-order valence-electron chi connectivity index (χ2n) is 5.96. The van der Waals surface area contributed by atoms with Gasteiger partial charge in [0, 0.05) is 19.8 Å². The van der Waals surface area contributed by atoms with Gasteiger partial charge in [-0.3, -0.25) is 0 Å². The molecule has 0 amide bonds. The van der Waals surface area contributed by atoms with Gasteiger partial charge in [0.1, 0.15) is 0 Å². The van der Waals surface area contributed by atoms with E-state index in [4.69, 9.17) is 0 Å². The van der Waals surface area contributed by atoms with Crippen molar-refractivity contribution in [3.05, 3.63) is 60.2 Å². The van der Waals surface area contributed by atoms with E-state index in [0.29, 0.717) is 5.95 Å². The van der Waals surface area contributed by atoms with E-state index in [1.165, 1.54) is 5.56 Å². The summed E-state index contributed by atoms with van der Waals surface area (Å²) in [5.41, 5.74) is 3.75. The van der Waals surface area contributed by atoms with E-state index >= 15 is 0 Å². The Morgan fingerprint density at radius 3 is 2.68 bits per heavy atom. The molecule has 0 aliphatic carbocycles. The molecule has 1 N–H and O–H groups in total. The highest BCUT2D eigenvalue weighted by atomic mass is 15.4. The molecule has 25 heavy (non-hydrogen) atoms. The Bertz CT molecular complexity index is 1000. The summed E-state index contributed by atoms with van der Waals surface area (Å²) < 4.78 is 3.57. The van der Waals surface area contributed by atoms with E-state index in [1.54, 1.807) is 11.0 Å². The molecule has 0 saturated heterocycles. The van der Waals surface area contributed by atoms with Crippen molar-refractivity contribution in [2.75, 3.05) is 11.9 Å². The summed E-state index contributed by atoms with van der Waals surface area (Å²) in [4.78, 5) is 13.7. The van der Waals surface area contributed by atoms with Crippen LogP contribution < -0.4 is 5.32 Å². The SMILES string of the molecule is Cc1ccn(-c2nc(NCCc3ccccc3)c3ncn(C)c3n2)n1. The van der Waals surface area contributed by atoms with Crippen LogP contribution in [0.3, 0.4) is 0 Å². The minimum Gasteiger partial charge on any atom is -0.368 e. The third kappa shape index (κ3) is 3.08. The van der Waals surface area contributed by atoms with Crippen LogP contribution in [0.15, 0.2) is 48.9 Å². The van der Waals surface area contributed by atoms with E-state index in [9.17, 15) is 0 Å². The number of imidazole rings is 1. The number of nitrogens with zero attached hydrogens (tertiary/aromatic N) is 6. The second-order valence-corrected chi connectivity index (χ2v) is 5.96. The molecule has 0 aliphatic rings. The lowest BCUT2D eigenvalue weighted by Crippen LogP contribution is -2.11. The fourth-order valence-electron chi connectivity index (χ4n) is 2.72. The first kappa shape index (κ1) is 15.3. The van der Waals surface area contributed by atoms with Gasteiger partial charge in [-0.1, -0.05) is 30.3 Å². The summed E-state index contributed by atoms with van der Waals surface area (Å²) in [6.45, 7) is 2.71. The third-order valence-electron chi connectivity index (χ3n) is 4.02. The van der Waals surface area contributed by atoms with E-state index in [0.717, 1.165) is 35.6 Å². The van der Waals surface area contributed by atoms with Crippen LogP contribution in [0.5, 0.6) is 0 Å². The van der Waals surface area contributed by atoms with Crippen LogP contribution in [-0.2, 0) is 13.5 Å². The van der Waals surface area contributed by atoms with Crippen LogP contribution in [0.1, 0.15) is 11.3 Å². The van der Waals surface area contributed by atoms with Crippen LogP contribution in [0.4, 0.5) is 5.82 Å². The largest absolute Gasteiger partial charge is 0.368 e. The number of rotatable bonds is 5. The Balaban J connectivity index is 1.64. The molecule has 0 saturated carbocycles. The maximum atomic E-state index is 4.63. The summed E-state index contributed by atoms with van der Waals surface area (Å²) in [5, 5.41) is 7.80. The Kier molecular flexibility index (Phi) is 3.89. The minimum atomic E-state index is 0.534. The third-order valence-corrected chi connectivity index (χ3v) is 4.02. The zero-order valence-electron chi connectivity index (χ0n) is 14.2. The van der Waals surface area contributed by atoms with Crippen LogP contribution in [0, 0.1) is 6.92 Å². The van der Waals surface area contributed by atoms with Gasteiger partial charge in [-0.2, -0.15) is 15.1 Å². The monoisotopic (exact) mass is 333 g/mol. The van der Waals surface area contributed by atoms with Crippen LogP contribution in [-0.4, -0.2) is 35.8 Å². The number of anilines is 1. The number of benzene rings is 1. The first-order valence-corrected chi connectivity index (χ1v) is 8.20. The zero-order chi connectivity index (χ0) is 17.2. The molecule has 4 aromatic rings. The number of aryl methyl sites for hydroxylation is 2. The second kappa shape index (κ2) is 6.35.